The van der Waals surface area contributed by atoms with Crippen molar-refractivity contribution in [3.8, 4) is 0 Å². The second-order valence-electron chi connectivity index (χ2n) is 8.61. The largest absolute Gasteiger partial charge is 0.481 e. The summed E-state index contributed by atoms with van der Waals surface area (Å²) in [6.07, 6.45) is 4.11. The fourth-order valence-electron chi connectivity index (χ4n) is 4.68. The standard InChI is InChI=1S/C26H23N5O2S/c1-16-19(14-17(15-23(32)33)26-27-20-9-3-5-11-22(20)34-26)25-28-24(30-12-6-7-13-30)18-8-2-4-10-21(18)31(25)29-16/h2-5,8-11,14H,6-7,12-13,15H2,1H3,(H,32,33)/b17-14+. The fourth-order valence-corrected chi connectivity index (χ4v) is 5.66. The van der Waals surface area contributed by atoms with Crippen molar-refractivity contribution in [1.82, 2.24) is 19.6 Å². The molecule has 1 fully saturated rings. The smallest absolute Gasteiger partial charge is 0.307 e. The molecule has 6 rings (SSSR count). The topological polar surface area (TPSA) is 83.6 Å². The number of carbonyl (C=O) groups is 1. The Hall–Kier alpha value is -3.78. The van der Waals surface area contributed by atoms with Crippen LogP contribution in [-0.4, -0.2) is 43.7 Å². The molecule has 0 aliphatic carbocycles. The molecule has 0 atom stereocenters. The first-order valence-corrected chi connectivity index (χ1v) is 12.2. The van der Waals surface area contributed by atoms with Crippen molar-refractivity contribution >= 4 is 61.5 Å². The zero-order valence-electron chi connectivity index (χ0n) is 18.7. The van der Waals surface area contributed by atoms with Gasteiger partial charge in [-0.2, -0.15) is 5.10 Å². The summed E-state index contributed by atoms with van der Waals surface area (Å²) in [6, 6.07) is 16.1. The van der Waals surface area contributed by atoms with E-state index in [9.17, 15) is 9.90 Å². The molecule has 0 saturated carbocycles. The number of fused-ring (bicyclic) bond motifs is 4. The number of aliphatic carboxylic acids is 1. The van der Waals surface area contributed by atoms with E-state index in [4.69, 9.17) is 15.1 Å². The molecule has 34 heavy (non-hydrogen) atoms. The van der Waals surface area contributed by atoms with Crippen LogP contribution in [0.4, 0.5) is 5.82 Å². The number of aryl methyl sites for hydroxylation is 1. The molecule has 1 saturated heterocycles. The third-order valence-electron chi connectivity index (χ3n) is 6.30. The third-order valence-corrected chi connectivity index (χ3v) is 7.41. The summed E-state index contributed by atoms with van der Waals surface area (Å²) in [5.74, 6) is 0.0747. The van der Waals surface area contributed by atoms with Crippen molar-refractivity contribution in [1.29, 1.82) is 0 Å². The highest BCUT2D eigenvalue weighted by Crippen LogP contribution is 2.34. The molecule has 1 aliphatic heterocycles. The first-order chi connectivity index (χ1) is 16.6. The second-order valence-corrected chi connectivity index (χ2v) is 9.64. The lowest BCUT2D eigenvalue weighted by molar-refractivity contribution is -0.135. The molecule has 1 aliphatic rings. The van der Waals surface area contributed by atoms with Gasteiger partial charge in [0.25, 0.3) is 0 Å². The molecule has 0 spiro atoms. The predicted octanol–water partition coefficient (Wildman–Crippen LogP) is 5.42. The van der Waals surface area contributed by atoms with E-state index in [0.717, 1.165) is 69.8 Å². The molecule has 170 valence electrons. The van der Waals surface area contributed by atoms with E-state index >= 15 is 0 Å². The number of aromatic nitrogens is 4. The highest BCUT2D eigenvalue weighted by Gasteiger charge is 2.22. The summed E-state index contributed by atoms with van der Waals surface area (Å²) in [7, 11) is 0. The van der Waals surface area contributed by atoms with Crippen LogP contribution < -0.4 is 4.90 Å². The van der Waals surface area contributed by atoms with Gasteiger partial charge >= 0.3 is 5.97 Å². The van der Waals surface area contributed by atoms with Gasteiger partial charge in [0.05, 0.1) is 27.8 Å². The average Bonchev–Trinajstić information content (AvgIpc) is 3.57. The third kappa shape index (κ3) is 3.51. The Balaban J connectivity index is 1.59. The van der Waals surface area contributed by atoms with Crippen LogP contribution in [0.15, 0.2) is 48.5 Å². The maximum absolute atomic E-state index is 11.8. The van der Waals surface area contributed by atoms with Crippen LogP contribution in [0.3, 0.4) is 0 Å². The Morgan fingerprint density at radius 2 is 1.85 bits per heavy atom. The van der Waals surface area contributed by atoms with Gasteiger partial charge in [-0.25, -0.2) is 14.5 Å². The maximum Gasteiger partial charge on any atom is 0.307 e. The van der Waals surface area contributed by atoms with Gasteiger partial charge in [0.2, 0.25) is 0 Å². The van der Waals surface area contributed by atoms with Crippen LogP contribution in [-0.2, 0) is 4.79 Å². The molecule has 3 aromatic heterocycles. The minimum atomic E-state index is -0.893. The number of rotatable bonds is 5. The first kappa shape index (κ1) is 20.8. The molecule has 1 N–H and O–H groups in total. The van der Waals surface area contributed by atoms with Gasteiger partial charge in [-0.05, 0) is 55.7 Å². The summed E-state index contributed by atoms with van der Waals surface area (Å²) in [5.41, 5.74) is 4.90. The quantitative estimate of drug-likeness (QED) is 0.370. The van der Waals surface area contributed by atoms with E-state index < -0.39 is 5.97 Å². The van der Waals surface area contributed by atoms with Gasteiger partial charge in [-0.1, -0.05) is 24.3 Å². The van der Waals surface area contributed by atoms with E-state index in [2.05, 4.69) is 17.0 Å². The lowest BCUT2D eigenvalue weighted by Gasteiger charge is -2.19. The van der Waals surface area contributed by atoms with Crippen LogP contribution in [0.1, 0.15) is 35.5 Å². The first-order valence-electron chi connectivity index (χ1n) is 11.4. The number of carboxylic acid groups (broad SMARTS) is 1. The lowest BCUT2D eigenvalue weighted by atomic mass is 10.1. The van der Waals surface area contributed by atoms with E-state index in [0.29, 0.717) is 10.6 Å². The monoisotopic (exact) mass is 469 g/mol. The Morgan fingerprint density at radius 3 is 2.65 bits per heavy atom. The zero-order valence-corrected chi connectivity index (χ0v) is 19.5. The summed E-state index contributed by atoms with van der Waals surface area (Å²) in [4.78, 5) is 23.9. The highest BCUT2D eigenvalue weighted by atomic mass is 32.1. The van der Waals surface area contributed by atoms with E-state index in [1.807, 2.05) is 53.9 Å². The molecule has 8 heteroatoms. The molecule has 4 heterocycles. The average molecular weight is 470 g/mol. The fraction of sp³-hybridized carbons (Fsp3) is 0.231. The number of para-hydroxylation sites is 2. The normalized spacial score (nSPS) is 14.6. The molecular formula is C26H23N5O2S. The van der Waals surface area contributed by atoms with Crippen molar-refractivity contribution in [2.75, 3.05) is 18.0 Å². The van der Waals surface area contributed by atoms with Crippen molar-refractivity contribution in [3.05, 3.63) is 64.8 Å². The summed E-state index contributed by atoms with van der Waals surface area (Å²) >= 11 is 1.51. The summed E-state index contributed by atoms with van der Waals surface area (Å²) in [5, 5.41) is 16.2. The van der Waals surface area contributed by atoms with Crippen LogP contribution in [0.5, 0.6) is 0 Å². The van der Waals surface area contributed by atoms with Crippen molar-refractivity contribution in [2.45, 2.75) is 26.2 Å². The zero-order chi connectivity index (χ0) is 23.2. The number of thiazole rings is 1. The molecule has 0 unspecified atom stereocenters. The Bertz CT molecular complexity index is 1560. The van der Waals surface area contributed by atoms with Crippen LogP contribution in [0.2, 0.25) is 0 Å². The maximum atomic E-state index is 11.8. The predicted molar refractivity (Wildman–Crippen MR) is 136 cm³/mol. The molecular weight excluding hydrogens is 446 g/mol. The number of hydrogen-bond donors (Lipinski definition) is 1. The Kier molecular flexibility index (Phi) is 5.03. The van der Waals surface area contributed by atoms with E-state index in [1.54, 1.807) is 0 Å². The summed E-state index contributed by atoms with van der Waals surface area (Å²) in [6.45, 7) is 3.92. The molecule has 5 aromatic rings. The van der Waals surface area contributed by atoms with Gasteiger partial charge in [-0.3, -0.25) is 4.79 Å². The molecule has 2 aromatic carbocycles. The van der Waals surface area contributed by atoms with Gasteiger partial charge in [0.15, 0.2) is 5.65 Å². The van der Waals surface area contributed by atoms with Gasteiger partial charge in [0, 0.05) is 24.0 Å². The van der Waals surface area contributed by atoms with Crippen LogP contribution >= 0.6 is 11.3 Å². The summed E-state index contributed by atoms with van der Waals surface area (Å²) < 4.78 is 2.91. The number of nitrogens with zero attached hydrogens (tertiary/aromatic N) is 5. The van der Waals surface area contributed by atoms with Crippen LogP contribution in [0.25, 0.3) is 38.4 Å². The minimum Gasteiger partial charge on any atom is -0.481 e. The Labute approximate surface area is 200 Å². The van der Waals surface area contributed by atoms with Gasteiger partial charge in [0.1, 0.15) is 10.8 Å². The minimum absolute atomic E-state index is 0.122. The number of benzene rings is 2. The lowest BCUT2D eigenvalue weighted by Crippen LogP contribution is -2.20. The SMILES string of the molecule is Cc1nn2c(nc(N3CCCC3)c3ccccc32)c1/C=C(\CC(=O)O)c1nc2ccccc2s1. The van der Waals surface area contributed by atoms with Crippen molar-refractivity contribution < 1.29 is 9.90 Å². The Morgan fingerprint density at radius 1 is 1.09 bits per heavy atom. The van der Waals surface area contributed by atoms with E-state index in [-0.39, 0.29) is 6.42 Å². The number of carboxylic acids is 1. The van der Waals surface area contributed by atoms with E-state index in [1.165, 1.54) is 11.3 Å². The molecule has 0 amide bonds. The number of hydrogen-bond acceptors (Lipinski definition) is 6. The molecule has 0 radical (unpaired) electrons. The molecule has 0 bridgehead atoms. The molecule has 7 nitrogen and oxygen atoms in total. The van der Waals surface area contributed by atoms with Crippen molar-refractivity contribution in [2.24, 2.45) is 0 Å². The van der Waals surface area contributed by atoms with Gasteiger partial charge in [-0.15, -0.1) is 11.3 Å². The van der Waals surface area contributed by atoms with Crippen LogP contribution in [0, 0.1) is 6.92 Å². The van der Waals surface area contributed by atoms with Crippen molar-refractivity contribution in [3.63, 3.8) is 0 Å². The second kappa shape index (κ2) is 8.22. The van der Waals surface area contributed by atoms with Gasteiger partial charge < -0.3 is 10.0 Å². The number of anilines is 1. The highest BCUT2D eigenvalue weighted by molar-refractivity contribution is 7.19.